The zero-order valence-electron chi connectivity index (χ0n) is 13.9. The summed E-state index contributed by atoms with van der Waals surface area (Å²) in [5.74, 6) is 0.127. The lowest BCUT2D eigenvalue weighted by molar-refractivity contribution is 0.0880. The third kappa shape index (κ3) is 2.46. The van der Waals surface area contributed by atoms with Crippen LogP contribution in [-0.4, -0.2) is 11.8 Å². The van der Waals surface area contributed by atoms with Crippen molar-refractivity contribution in [1.82, 2.24) is 5.32 Å². The topological polar surface area (TPSA) is 46.2 Å². The van der Waals surface area contributed by atoms with Gasteiger partial charge in [-0.25, -0.2) is 0 Å². The van der Waals surface area contributed by atoms with Gasteiger partial charge >= 0.3 is 0 Å². The highest BCUT2D eigenvalue weighted by Crippen LogP contribution is 2.38. The van der Waals surface area contributed by atoms with E-state index >= 15 is 0 Å². The number of rotatable bonds is 3. The van der Waals surface area contributed by atoms with Gasteiger partial charge in [0.25, 0.3) is 11.8 Å². The Bertz CT molecular complexity index is 803. The molecular weight excluding hydrogens is 286 g/mol. The average Bonchev–Trinajstić information content (AvgIpc) is 2.81. The fourth-order valence-corrected chi connectivity index (χ4v) is 3.41. The highest BCUT2D eigenvalue weighted by molar-refractivity contribution is 6.24. The van der Waals surface area contributed by atoms with Crippen molar-refractivity contribution in [2.45, 2.75) is 39.5 Å². The largest absolute Gasteiger partial charge is 0.288 e. The van der Waals surface area contributed by atoms with Gasteiger partial charge in [-0.2, -0.15) is 0 Å². The zero-order chi connectivity index (χ0) is 16.7. The van der Waals surface area contributed by atoms with Gasteiger partial charge < -0.3 is 0 Å². The molecule has 0 atom stereocenters. The van der Waals surface area contributed by atoms with Crippen molar-refractivity contribution < 1.29 is 9.59 Å². The summed E-state index contributed by atoms with van der Waals surface area (Å²) in [6.45, 7) is 8.69. The molecule has 0 aliphatic carbocycles. The number of fused-ring (bicyclic) bond motifs is 1. The maximum Gasteiger partial charge on any atom is 0.259 e. The second kappa shape index (κ2) is 5.65. The van der Waals surface area contributed by atoms with Gasteiger partial charge in [-0.3, -0.25) is 14.9 Å². The minimum absolute atomic E-state index is 0.301. The Hall–Kier alpha value is -2.42. The van der Waals surface area contributed by atoms with Gasteiger partial charge in [-0.1, -0.05) is 58.0 Å². The van der Waals surface area contributed by atoms with E-state index < -0.39 is 0 Å². The van der Waals surface area contributed by atoms with Crippen molar-refractivity contribution in [2.75, 3.05) is 0 Å². The van der Waals surface area contributed by atoms with E-state index in [1.165, 1.54) is 11.1 Å². The highest BCUT2D eigenvalue weighted by atomic mass is 16.2. The van der Waals surface area contributed by atoms with Gasteiger partial charge in [-0.05, 0) is 40.2 Å². The first-order chi connectivity index (χ1) is 10.9. The number of carbonyl (C=O) groups excluding carboxylic acids is 2. The van der Waals surface area contributed by atoms with E-state index in [4.69, 9.17) is 0 Å². The van der Waals surface area contributed by atoms with Crippen LogP contribution in [0, 0.1) is 0 Å². The van der Waals surface area contributed by atoms with E-state index in [9.17, 15) is 9.59 Å². The molecule has 118 valence electrons. The van der Waals surface area contributed by atoms with Crippen LogP contribution in [0.3, 0.4) is 0 Å². The predicted octanol–water partition coefficient (Wildman–Crippen LogP) is 4.48. The number of imide groups is 1. The fraction of sp³-hybridized carbons (Fsp3) is 0.300. The Kier molecular flexibility index (Phi) is 3.80. The summed E-state index contributed by atoms with van der Waals surface area (Å²) < 4.78 is 0. The standard InChI is InChI=1S/C20H21NO2/c1-11(2)13-7-5-8-14(17(13)12(3)4)15-9-6-10-16-18(15)20(23)21-19(16)22/h5-12H,1-4H3,(H,21,22,23). The van der Waals surface area contributed by atoms with Crippen LogP contribution in [0.4, 0.5) is 0 Å². The normalized spacial score (nSPS) is 13.7. The van der Waals surface area contributed by atoms with Crippen LogP contribution in [0.25, 0.3) is 11.1 Å². The van der Waals surface area contributed by atoms with Crippen LogP contribution in [-0.2, 0) is 0 Å². The Morgan fingerprint density at radius 1 is 0.739 bits per heavy atom. The lowest BCUT2D eigenvalue weighted by atomic mass is 9.83. The van der Waals surface area contributed by atoms with Crippen LogP contribution in [0.15, 0.2) is 36.4 Å². The van der Waals surface area contributed by atoms with Crippen LogP contribution in [0.1, 0.15) is 71.4 Å². The van der Waals surface area contributed by atoms with Gasteiger partial charge in [-0.15, -0.1) is 0 Å². The lowest BCUT2D eigenvalue weighted by Crippen LogP contribution is -2.20. The monoisotopic (exact) mass is 307 g/mol. The van der Waals surface area contributed by atoms with Gasteiger partial charge in [0, 0.05) is 0 Å². The van der Waals surface area contributed by atoms with Crippen LogP contribution in [0.5, 0.6) is 0 Å². The summed E-state index contributed by atoms with van der Waals surface area (Å²) in [6, 6.07) is 11.7. The van der Waals surface area contributed by atoms with Gasteiger partial charge in [0.15, 0.2) is 0 Å². The minimum Gasteiger partial charge on any atom is -0.288 e. The Morgan fingerprint density at radius 2 is 1.35 bits per heavy atom. The quantitative estimate of drug-likeness (QED) is 0.850. The molecule has 0 spiro atoms. The maximum absolute atomic E-state index is 12.2. The summed E-state index contributed by atoms with van der Waals surface area (Å²) in [4.78, 5) is 24.2. The molecule has 3 rings (SSSR count). The van der Waals surface area contributed by atoms with Crippen molar-refractivity contribution in [3.63, 3.8) is 0 Å². The molecule has 2 aromatic carbocycles. The predicted molar refractivity (Wildman–Crippen MR) is 91.9 cm³/mol. The first-order valence-electron chi connectivity index (χ1n) is 8.03. The maximum atomic E-state index is 12.2. The second-order valence-corrected chi connectivity index (χ2v) is 6.63. The molecule has 0 bridgehead atoms. The Balaban J connectivity index is 2.32. The lowest BCUT2D eigenvalue weighted by Gasteiger charge is -2.21. The molecule has 0 saturated carbocycles. The first-order valence-corrected chi connectivity index (χ1v) is 8.03. The molecule has 0 radical (unpaired) electrons. The summed E-state index contributed by atoms with van der Waals surface area (Å²) in [6.07, 6.45) is 0. The highest BCUT2D eigenvalue weighted by Gasteiger charge is 2.30. The summed E-state index contributed by atoms with van der Waals surface area (Å²) in [5, 5.41) is 2.40. The van der Waals surface area contributed by atoms with Gasteiger partial charge in [0.2, 0.25) is 0 Å². The third-order valence-corrected chi connectivity index (χ3v) is 4.39. The summed E-state index contributed by atoms with van der Waals surface area (Å²) in [5.41, 5.74) is 5.41. The van der Waals surface area contributed by atoms with E-state index in [1.807, 2.05) is 24.3 Å². The third-order valence-electron chi connectivity index (χ3n) is 4.39. The van der Waals surface area contributed by atoms with Crippen molar-refractivity contribution in [3.05, 3.63) is 58.7 Å². The summed E-state index contributed by atoms with van der Waals surface area (Å²) >= 11 is 0. The molecule has 2 amide bonds. The molecule has 2 aromatic rings. The molecule has 0 aromatic heterocycles. The molecule has 0 unspecified atom stereocenters. The van der Waals surface area contributed by atoms with Crippen molar-refractivity contribution in [1.29, 1.82) is 0 Å². The van der Waals surface area contributed by atoms with Crippen LogP contribution < -0.4 is 5.32 Å². The van der Waals surface area contributed by atoms with E-state index in [1.54, 1.807) is 6.07 Å². The van der Waals surface area contributed by atoms with E-state index in [2.05, 4.69) is 39.1 Å². The molecule has 3 nitrogen and oxygen atoms in total. The first kappa shape index (κ1) is 15.5. The number of hydrogen-bond donors (Lipinski definition) is 1. The number of carbonyl (C=O) groups is 2. The molecule has 1 N–H and O–H groups in total. The number of amides is 2. The molecule has 23 heavy (non-hydrogen) atoms. The van der Waals surface area contributed by atoms with Crippen LogP contribution in [0.2, 0.25) is 0 Å². The van der Waals surface area contributed by atoms with Crippen LogP contribution >= 0.6 is 0 Å². The molecule has 1 heterocycles. The van der Waals surface area contributed by atoms with E-state index in [-0.39, 0.29) is 11.8 Å². The van der Waals surface area contributed by atoms with Crippen molar-refractivity contribution in [3.8, 4) is 11.1 Å². The zero-order valence-corrected chi connectivity index (χ0v) is 13.9. The van der Waals surface area contributed by atoms with Crippen molar-refractivity contribution >= 4 is 11.8 Å². The molecular formula is C20H21NO2. The Morgan fingerprint density at radius 3 is 2.00 bits per heavy atom. The molecule has 0 saturated heterocycles. The molecule has 1 aliphatic rings. The van der Waals surface area contributed by atoms with Gasteiger partial charge in [0.05, 0.1) is 11.1 Å². The smallest absolute Gasteiger partial charge is 0.259 e. The number of hydrogen-bond acceptors (Lipinski definition) is 2. The Labute approximate surface area is 136 Å². The average molecular weight is 307 g/mol. The number of benzene rings is 2. The summed E-state index contributed by atoms with van der Waals surface area (Å²) in [7, 11) is 0. The van der Waals surface area contributed by atoms with Crippen molar-refractivity contribution in [2.24, 2.45) is 0 Å². The molecule has 1 aliphatic heterocycles. The van der Waals surface area contributed by atoms with E-state index in [0.29, 0.717) is 23.0 Å². The fourth-order valence-electron chi connectivity index (χ4n) is 3.41. The second-order valence-electron chi connectivity index (χ2n) is 6.63. The SMILES string of the molecule is CC(C)c1cccc(-c2cccc3c2C(=O)NC3=O)c1C(C)C. The molecule has 0 fully saturated rings. The van der Waals surface area contributed by atoms with E-state index in [0.717, 1.165) is 11.1 Å². The number of nitrogens with one attached hydrogen (secondary N) is 1. The van der Waals surface area contributed by atoms with Gasteiger partial charge in [0.1, 0.15) is 0 Å². The minimum atomic E-state index is -0.307. The molecule has 3 heteroatoms.